The highest BCUT2D eigenvalue weighted by molar-refractivity contribution is 8.18. The highest BCUT2D eigenvalue weighted by Gasteiger charge is 2.24. The summed E-state index contributed by atoms with van der Waals surface area (Å²) in [5.74, 6) is 1.11. The van der Waals surface area contributed by atoms with Crippen molar-refractivity contribution in [1.82, 2.24) is 5.32 Å². The maximum atomic E-state index is 12.3. The van der Waals surface area contributed by atoms with E-state index in [1.165, 1.54) is 17.3 Å². The number of ether oxygens (including phenoxy) is 2. The summed E-state index contributed by atoms with van der Waals surface area (Å²) in [5.41, 5.74) is 3.99. The average molecular weight is 368 g/mol. The number of amides is 1. The zero-order valence-corrected chi connectivity index (χ0v) is 15.9. The molecule has 0 aromatic heterocycles. The molecule has 134 valence electrons. The molecule has 1 saturated heterocycles. The summed E-state index contributed by atoms with van der Waals surface area (Å²) in [5, 5.41) is 3.40. The minimum atomic E-state index is -0.158. The lowest BCUT2D eigenvalue weighted by molar-refractivity contribution is -0.115. The smallest absolute Gasteiger partial charge is 0.264 e. The topological polar surface area (TPSA) is 59.9 Å². The molecule has 5 nitrogen and oxygen atoms in total. The van der Waals surface area contributed by atoms with E-state index in [9.17, 15) is 4.79 Å². The van der Waals surface area contributed by atoms with Crippen molar-refractivity contribution in [1.29, 1.82) is 0 Å². The Labute approximate surface area is 157 Å². The molecule has 3 rings (SSSR count). The third kappa shape index (κ3) is 3.75. The molecule has 1 heterocycles. The number of aryl methyl sites for hydroxylation is 1. The third-order valence-electron chi connectivity index (χ3n) is 4.15. The Hall–Kier alpha value is -2.73. The second-order valence-electron chi connectivity index (χ2n) is 5.82. The molecule has 0 radical (unpaired) electrons. The van der Waals surface area contributed by atoms with Crippen LogP contribution in [0.25, 0.3) is 6.08 Å². The summed E-state index contributed by atoms with van der Waals surface area (Å²) < 4.78 is 10.5. The molecule has 0 unspecified atom stereocenters. The normalized spacial score (nSPS) is 16.8. The third-order valence-corrected chi connectivity index (χ3v) is 5.06. The van der Waals surface area contributed by atoms with Crippen LogP contribution in [0.5, 0.6) is 11.5 Å². The summed E-state index contributed by atoms with van der Waals surface area (Å²) in [6, 6.07) is 11.5. The molecule has 0 aliphatic carbocycles. The molecule has 0 spiro atoms. The number of aliphatic imine (C=N–C) groups is 1. The van der Waals surface area contributed by atoms with Crippen molar-refractivity contribution in [2.24, 2.45) is 4.99 Å². The van der Waals surface area contributed by atoms with Crippen LogP contribution in [-0.2, 0) is 4.79 Å². The maximum Gasteiger partial charge on any atom is 0.264 e. The SMILES string of the molecule is COc1ccc(C=C2SC(=Nc3cccc(C)c3C)NC2=O)cc1OC. The van der Waals surface area contributed by atoms with Gasteiger partial charge in [0.2, 0.25) is 0 Å². The lowest BCUT2D eigenvalue weighted by Gasteiger charge is -2.07. The minimum Gasteiger partial charge on any atom is -0.493 e. The van der Waals surface area contributed by atoms with Gasteiger partial charge in [0.1, 0.15) is 0 Å². The number of thioether (sulfide) groups is 1. The summed E-state index contributed by atoms with van der Waals surface area (Å²) in [7, 11) is 3.17. The van der Waals surface area contributed by atoms with Crippen LogP contribution in [0.3, 0.4) is 0 Å². The van der Waals surface area contributed by atoms with Gasteiger partial charge in [-0.3, -0.25) is 4.79 Å². The molecule has 0 atom stereocenters. The molecule has 6 heteroatoms. The lowest BCUT2D eigenvalue weighted by Crippen LogP contribution is -2.19. The van der Waals surface area contributed by atoms with Gasteiger partial charge in [-0.15, -0.1) is 0 Å². The van der Waals surface area contributed by atoms with Gasteiger partial charge in [-0.1, -0.05) is 18.2 Å². The van der Waals surface area contributed by atoms with Gasteiger partial charge >= 0.3 is 0 Å². The number of carbonyl (C=O) groups excluding carboxylic acids is 1. The summed E-state index contributed by atoms with van der Waals surface area (Å²) in [6.07, 6.45) is 1.81. The lowest BCUT2D eigenvalue weighted by atomic mass is 10.1. The number of nitrogens with zero attached hydrogens (tertiary/aromatic N) is 1. The van der Waals surface area contributed by atoms with E-state index < -0.39 is 0 Å². The Balaban J connectivity index is 1.87. The fourth-order valence-corrected chi connectivity index (χ4v) is 3.38. The van der Waals surface area contributed by atoms with Crippen molar-refractivity contribution < 1.29 is 14.3 Å². The number of amidine groups is 1. The molecule has 2 aromatic carbocycles. The molecule has 2 aromatic rings. The molecule has 1 aliphatic rings. The number of benzene rings is 2. The van der Waals surface area contributed by atoms with Crippen LogP contribution in [0.2, 0.25) is 0 Å². The van der Waals surface area contributed by atoms with Gasteiger partial charge in [-0.05, 0) is 66.6 Å². The van der Waals surface area contributed by atoms with E-state index in [1.54, 1.807) is 14.2 Å². The number of hydrogen-bond acceptors (Lipinski definition) is 5. The fraction of sp³-hybridized carbons (Fsp3) is 0.200. The molecule has 1 amide bonds. The summed E-state index contributed by atoms with van der Waals surface area (Å²) >= 11 is 1.32. The van der Waals surface area contributed by atoms with E-state index in [0.717, 1.165) is 16.8 Å². The zero-order chi connectivity index (χ0) is 18.7. The minimum absolute atomic E-state index is 0.158. The number of rotatable bonds is 4. The molecule has 1 N–H and O–H groups in total. The average Bonchev–Trinajstić information content (AvgIpc) is 2.98. The van der Waals surface area contributed by atoms with Gasteiger partial charge in [0, 0.05) is 0 Å². The van der Waals surface area contributed by atoms with Crippen LogP contribution < -0.4 is 14.8 Å². The molecule has 1 aliphatic heterocycles. The molecular weight excluding hydrogens is 348 g/mol. The number of methoxy groups -OCH3 is 2. The van der Waals surface area contributed by atoms with E-state index in [2.05, 4.69) is 10.3 Å². The molecule has 1 fully saturated rings. The first-order valence-electron chi connectivity index (χ1n) is 8.09. The van der Waals surface area contributed by atoms with Crippen LogP contribution in [0, 0.1) is 13.8 Å². The van der Waals surface area contributed by atoms with Gasteiger partial charge < -0.3 is 14.8 Å². The standard InChI is InChI=1S/C20H20N2O3S/c1-12-6-5-7-15(13(12)2)21-20-22-19(23)18(26-20)11-14-8-9-16(24-3)17(10-14)25-4/h5-11H,1-4H3,(H,21,22,23). The van der Waals surface area contributed by atoms with Crippen molar-refractivity contribution in [2.75, 3.05) is 14.2 Å². The molecule has 0 saturated carbocycles. The highest BCUT2D eigenvalue weighted by Crippen LogP contribution is 2.32. The number of carbonyl (C=O) groups is 1. The second kappa shape index (κ2) is 7.66. The largest absolute Gasteiger partial charge is 0.493 e. The summed E-state index contributed by atoms with van der Waals surface area (Å²) in [4.78, 5) is 17.4. The van der Waals surface area contributed by atoms with Gasteiger partial charge in [0.15, 0.2) is 16.7 Å². The van der Waals surface area contributed by atoms with Crippen LogP contribution >= 0.6 is 11.8 Å². The van der Waals surface area contributed by atoms with Crippen LogP contribution in [0.4, 0.5) is 5.69 Å². The van der Waals surface area contributed by atoms with Crippen molar-refractivity contribution in [3.8, 4) is 11.5 Å². The number of nitrogens with one attached hydrogen (secondary N) is 1. The first-order valence-corrected chi connectivity index (χ1v) is 8.91. The maximum absolute atomic E-state index is 12.3. The Bertz CT molecular complexity index is 919. The van der Waals surface area contributed by atoms with Crippen LogP contribution in [0.1, 0.15) is 16.7 Å². The Morgan fingerprint density at radius 3 is 2.58 bits per heavy atom. The fourth-order valence-electron chi connectivity index (χ4n) is 2.54. The predicted octanol–water partition coefficient (Wildman–Crippen LogP) is 4.21. The zero-order valence-electron chi connectivity index (χ0n) is 15.1. The summed E-state index contributed by atoms with van der Waals surface area (Å²) in [6.45, 7) is 4.07. The van der Waals surface area contributed by atoms with Crippen molar-refractivity contribution in [2.45, 2.75) is 13.8 Å². The van der Waals surface area contributed by atoms with Crippen LogP contribution in [-0.4, -0.2) is 25.3 Å². The molecular formula is C20H20N2O3S. The van der Waals surface area contributed by atoms with E-state index in [1.807, 2.05) is 56.3 Å². The first kappa shape index (κ1) is 18.1. The first-order chi connectivity index (χ1) is 12.5. The Morgan fingerprint density at radius 2 is 1.85 bits per heavy atom. The van der Waals surface area contributed by atoms with Crippen molar-refractivity contribution >= 4 is 34.6 Å². The van der Waals surface area contributed by atoms with E-state index in [-0.39, 0.29) is 5.91 Å². The van der Waals surface area contributed by atoms with Crippen molar-refractivity contribution in [3.05, 3.63) is 58.0 Å². The predicted molar refractivity (Wildman–Crippen MR) is 106 cm³/mol. The van der Waals surface area contributed by atoms with E-state index >= 15 is 0 Å². The Kier molecular flexibility index (Phi) is 5.32. The second-order valence-corrected chi connectivity index (χ2v) is 6.85. The highest BCUT2D eigenvalue weighted by atomic mass is 32.2. The Morgan fingerprint density at radius 1 is 1.08 bits per heavy atom. The molecule has 26 heavy (non-hydrogen) atoms. The van der Waals surface area contributed by atoms with Crippen LogP contribution in [0.15, 0.2) is 46.3 Å². The van der Waals surface area contributed by atoms with Gasteiger partial charge in [0.05, 0.1) is 24.8 Å². The van der Waals surface area contributed by atoms with Crippen molar-refractivity contribution in [3.63, 3.8) is 0 Å². The van der Waals surface area contributed by atoms with Gasteiger partial charge in [-0.25, -0.2) is 4.99 Å². The van der Waals surface area contributed by atoms with Gasteiger partial charge in [-0.2, -0.15) is 0 Å². The quantitative estimate of drug-likeness (QED) is 0.821. The number of hydrogen-bond donors (Lipinski definition) is 1. The van der Waals surface area contributed by atoms with Gasteiger partial charge in [0.25, 0.3) is 5.91 Å². The van der Waals surface area contributed by atoms with E-state index in [4.69, 9.17) is 9.47 Å². The molecule has 0 bridgehead atoms. The van der Waals surface area contributed by atoms with E-state index in [0.29, 0.717) is 21.6 Å². The monoisotopic (exact) mass is 368 g/mol.